The molecule has 8 heteroatoms. The van der Waals surface area contributed by atoms with Crippen molar-refractivity contribution in [3.05, 3.63) is 52.6 Å². The van der Waals surface area contributed by atoms with Crippen LogP contribution >= 0.6 is 0 Å². The maximum atomic E-state index is 12.2. The summed E-state index contributed by atoms with van der Waals surface area (Å²) in [7, 11) is 1.59. The molecule has 3 heterocycles. The van der Waals surface area contributed by atoms with Gasteiger partial charge in [0.2, 0.25) is 11.9 Å². The maximum absolute atomic E-state index is 12.2. The van der Waals surface area contributed by atoms with Gasteiger partial charge in [0, 0.05) is 30.9 Å². The highest BCUT2D eigenvalue weighted by atomic mass is 16.5. The summed E-state index contributed by atoms with van der Waals surface area (Å²) in [6.07, 6.45) is 5.34. The average Bonchev–Trinajstić information content (AvgIpc) is 2.74. The van der Waals surface area contributed by atoms with Gasteiger partial charge in [-0.05, 0) is 38.3 Å². The SMILES string of the molecule is COc1ccccc1Nc1nc(-c2cnc(N3CCCCC3)nc2C)cc(=O)[nH]1. The predicted octanol–water partition coefficient (Wildman–Crippen LogP) is 3.28. The highest BCUT2D eigenvalue weighted by Gasteiger charge is 2.16. The Bertz CT molecular complexity index is 1060. The minimum Gasteiger partial charge on any atom is -0.495 e. The first-order chi connectivity index (χ1) is 14.1. The van der Waals surface area contributed by atoms with Crippen LogP contribution in [-0.2, 0) is 0 Å². The van der Waals surface area contributed by atoms with Crippen LogP contribution in [0.1, 0.15) is 25.0 Å². The van der Waals surface area contributed by atoms with Crippen molar-refractivity contribution < 1.29 is 4.74 Å². The van der Waals surface area contributed by atoms with E-state index in [9.17, 15) is 4.79 Å². The molecule has 4 rings (SSSR count). The van der Waals surface area contributed by atoms with E-state index in [1.165, 1.54) is 12.5 Å². The molecule has 0 radical (unpaired) electrons. The average molecular weight is 392 g/mol. The van der Waals surface area contributed by atoms with Crippen LogP contribution < -0.4 is 20.5 Å². The smallest absolute Gasteiger partial charge is 0.252 e. The van der Waals surface area contributed by atoms with Crippen molar-refractivity contribution in [3.63, 3.8) is 0 Å². The van der Waals surface area contributed by atoms with E-state index in [1.54, 1.807) is 13.3 Å². The third kappa shape index (κ3) is 4.21. The standard InChI is InChI=1S/C21H24N6O2/c1-14-15(13-22-21(23-14)27-10-6-3-7-11-27)17-12-19(28)26-20(25-17)24-16-8-4-5-9-18(16)29-2/h4-5,8-9,12-13H,3,6-7,10-11H2,1-2H3,(H2,24,25,26,28). The van der Waals surface area contributed by atoms with Crippen LogP contribution in [0.15, 0.2) is 41.3 Å². The van der Waals surface area contributed by atoms with Crippen molar-refractivity contribution in [2.24, 2.45) is 0 Å². The summed E-state index contributed by atoms with van der Waals surface area (Å²) < 4.78 is 5.35. The number of hydrogen-bond acceptors (Lipinski definition) is 7. The molecule has 1 fully saturated rings. The number of methoxy groups -OCH3 is 1. The molecule has 1 aromatic carbocycles. The molecule has 2 N–H and O–H groups in total. The minimum atomic E-state index is -0.257. The molecule has 1 aliphatic rings. The summed E-state index contributed by atoms with van der Waals surface area (Å²) in [5.74, 6) is 1.73. The lowest BCUT2D eigenvalue weighted by atomic mass is 10.1. The first-order valence-corrected chi connectivity index (χ1v) is 9.74. The largest absolute Gasteiger partial charge is 0.495 e. The first kappa shape index (κ1) is 18.9. The van der Waals surface area contributed by atoms with Gasteiger partial charge in [-0.3, -0.25) is 9.78 Å². The summed E-state index contributed by atoms with van der Waals surface area (Å²) in [4.78, 5) is 30.9. The molecule has 2 aromatic heterocycles. The Kier molecular flexibility index (Phi) is 5.41. The molecule has 150 valence electrons. The lowest BCUT2D eigenvalue weighted by Gasteiger charge is -2.26. The van der Waals surface area contributed by atoms with Gasteiger partial charge in [-0.15, -0.1) is 0 Å². The summed E-state index contributed by atoms with van der Waals surface area (Å²) in [6, 6.07) is 8.90. The fourth-order valence-electron chi connectivity index (χ4n) is 3.48. The quantitative estimate of drug-likeness (QED) is 0.688. The number of H-pyrrole nitrogens is 1. The fraction of sp³-hybridized carbons (Fsp3) is 0.333. The Morgan fingerprint density at radius 1 is 1.14 bits per heavy atom. The van der Waals surface area contributed by atoms with E-state index in [2.05, 4.69) is 30.2 Å². The van der Waals surface area contributed by atoms with E-state index in [4.69, 9.17) is 4.74 Å². The van der Waals surface area contributed by atoms with Crippen molar-refractivity contribution in [1.82, 2.24) is 19.9 Å². The molecular formula is C21H24N6O2. The zero-order valence-electron chi connectivity index (χ0n) is 16.6. The third-order valence-corrected chi connectivity index (χ3v) is 4.98. The van der Waals surface area contributed by atoms with Crippen LogP contribution in [0.3, 0.4) is 0 Å². The number of aromatic amines is 1. The van der Waals surface area contributed by atoms with Gasteiger partial charge in [0.25, 0.3) is 5.56 Å². The molecule has 1 aliphatic heterocycles. The van der Waals surface area contributed by atoms with Gasteiger partial charge in [0.05, 0.1) is 24.2 Å². The molecule has 0 aliphatic carbocycles. The van der Waals surface area contributed by atoms with Crippen LogP contribution in [0.4, 0.5) is 17.6 Å². The number of para-hydroxylation sites is 2. The molecular weight excluding hydrogens is 368 g/mol. The highest BCUT2D eigenvalue weighted by Crippen LogP contribution is 2.27. The number of rotatable bonds is 5. The van der Waals surface area contributed by atoms with Crippen LogP contribution in [0, 0.1) is 6.92 Å². The van der Waals surface area contributed by atoms with Gasteiger partial charge >= 0.3 is 0 Å². The zero-order chi connectivity index (χ0) is 20.2. The highest BCUT2D eigenvalue weighted by molar-refractivity contribution is 5.66. The second-order valence-corrected chi connectivity index (χ2v) is 7.02. The molecule has 3 aromatic rings. The van der Waals surface area contributed by atoms with E-state index in [0.29, 0.717) is 23.1 Å². The van der Waals surface area contributed by atoms with Gasteiger partial charge < -0.3 is 15.0 Å². The molecule has 0 amide bonds. The summed E-state index contributed by atoms with van der Waals surface area (Å²) in [6.45, 7) is 3.88. The summed E-state index contributed by atoms with van der Waals surface area (Å²) >= 11 is 0. The normalized spacial score (nSPS) is 13.9. The number of nitrogens with one attached hydrogen (secondary N) is 2. The second kappa shape index (κ2) is 8.30. The molecule has 0 unspecified atom stereocenters. The number of benzene rings is 1. The Balaban J connectivity index is 1.64. The topological polar surface area (TPSA) is 96.0 Å². The van der Waals surface area contributed by atoms with E-state index >= 15 is 0 Å². The number of anilines is 3. The summed E-state index contributed by atoms with van der Waals surface area (Å²) in [5.41, 5.74) is 2.51. The molecule has 29 heavy (non-hydrogen) atoms. The Labute approximate surface area is 169 Å². The number of nitrogens with zero attached hydrogens (tertiary/aromatic N) is 4. The molecule has 1 saturated heterocycles. The number of hydrogen-bond donors (Lipinski definition) is 2. The second-order valence-electron chi connectivity index (χ2n) is 7.02. The Morgan fingerprint density at radius 2 is 1.93 bits per heavy atom. The van der Waals surface area contributed by atoms with Crippen LogP contribution in [0.5, 0.6) is 5.75 Å². The molecule has 0 saturated carbocycles. The van der Waals surface area contributed by atoms with Crippen molar-refractivity contribution in [3.8, 4) is 17.0 Å². The Hall–Kier alpha value is -3.42. The number of aryl methyl sites for hydroxylation is 1. The summed E-state index contributed by atoms with van der Waals surface area (Å²) in [5, 5.41) is 3.12. The molecule has 8 nitrogen and oxygen atoms in total. The fourth-order valence-corrected chi connectivity index (χ4v) is 3.48. The zero-order valence-corrected chi connectivity index (χ0v) is 16.6. The predicted molar refractivity (Wildman–Crippen MR) is 113 cm³/mol. The maximum Gasteiger partial charge on any atom is 0.252 e. The third-order valence-electron chi connectivity index (χ3n) is 4.98. The van der Waals surface area contributed by atoms with Crippen molar-refractivity contribution in [1.29, 1.82) is 0 Å². The van der Waals surface area contributed by atoms with Crippen molar-refractivity contribution in [2.75, 3.05) is 30.4 Å². The van der Waals surface area contributed by atoms with Crippen molar-refractivity contribution >= 4 is 17.6 Å². The van der Waals surface area contributed by atoms with Crippen LogP contribution in [-0.4, -0.2) is 40.1 Å². The van der Waals surface area contributed by atoms with Gasteiger partial charge in [0.15, 0.2) is 0 Å². The van der Waals surface area contributed by atoms with E-state index in [1.807, 2.05) is 31.2 Å². The minimum absolute atomic E-state index is 0.257. The molecule has 0 bridgehead atoms. The molecule has 0 spiro atoms. The van der Waals surface area contributed by atoms with Crippen molar-refractivity contribution in [2.45, 2.75) is 26.2 Å². The van der Waals surface area contributed by atoms with Gasteiger partial charge in [-0.25, -0.2) is 15.0 Å². The van der Waals surface area contributed by atoms with Gasteiger partial charge in [-0.2, -0.15) is 0 Å². The van der Waals surface area contributed by atoms with Gasteiger partial charge in [-0.1, -0.05) is 12.1 Å². The number of piperidine rings is 1. The first-order valence-electron chi connectivity index (χ1n) is 9.74. The number of ether oxygens (including phenoxy) is 1. The van der Waals surface area contributed by atoms with Crippen LogP contribution in [0.2, 0.25) is 0 Å². The van der Waals surface area contributed by atoms with Crippen LogP contribution in [0.25, 0.3) is 11.3 Å². The lowest BCUT2D eigenvalue weighted by Crippen LogP contribution is -2.31. The van der Waals surface area contributed by atoms with E-state index in [-0.39, 0.29) is 5.56 Å². The monoisotopic (exact) mass is 392 g/mol. The lowest BCUT2D eigenvalue weighted by molar-refractivity contribution is 0.417. The Morgan fingerprint density at radius 3 is 2.69 bits per heavy atom. The van der Waals surface area contributed by atoms with E-state index in [0.717, 1.165) is 43.1 Å². The van der Waals surface area contributed by atoms with E-state index < -0.39 is 0 Å². The number of aromatic nitrogens is 4. The molecule has 0 atom stereocenters. The van der Waals surface area contributed by atoms with Gasteiger partial charge in [0.1, 0.15) is 5.75 Å².